The molecule has 0 fully saturated rings. The van der Waals surface area contributed by atoms with Crippen LogP contribution in [-0.2, 0) is 6.42 Å². The summed E-state index contributed by atoms with van der Waals surface area (Å²) in [7, 11) is 0. The summed E-state index contributed by atoms with van der Waals surface area (Å²) in [5.41, 5.74) is 4.53. The highest BCUT2D eigenvalue weighted by Crippen LogP contribution is 2.43. The molecule has 2 unspecified atom stereocenters. The van der Waals surface area contributed by atoms with Crippen LogP contribution >= 0.6 is 0 Å². The Labute approximate surface area is 136 Å². The lowest BCUT2D eigenvalue weighted by molar-refractivity contribution is 0.362. The van der Waals surface area contributed by atoms with Crippen LogP contribution in [0.15, 0.2) is 59.8 Å². The topological polar surface area (TPSA) is 38.1 Å². The van der Waals surface area contributed by atoms with Gasteiger partial charge < -0.3 is 0 Å². The van der Waals surface area contributed by atoms with Gasteiger partial charge in [0.05, 0.1) is 22.8 Å². The number of aryl methyl sites for hydroxylation is 1. The molecule has 0 radical (unpaired) electrons. The minimum absolute atomic E-state index is 0.221. The first-order chi connectivity index (χ1) is 11.3. The van der Waals surface area contributed by atoms with Crippen molar-refractivity contribution in [2.75, 3.05) is 0 Å². The number of aromatic nitrogens is 2. The van der Waals surface area contributed by atoms with Crippen molar-refractivity contribution in [1.29, 1.82) is 0 Å². The molecule has 0 N–H and O–H groups in total. The molecule has 1 aliphatic carbocycles. The van der Waals surface area contributed by atoms with Crippen molar-refractivity contribution in [3.63, 3.8) is 0 Å². The molecule has 1 aliphatic heterocycles. The quantitative estimate of drug-likeness (QED) is 0.844. The van der Waals surface area contributed by atoms with E-state index in [0.717, 1.165) is 42.4 Å². The fourth-order valence-electron chi connectivity index (χ4n) is 3.66. The summed E-state index contributed by atoms with van der Waals surface area (Å²) in [6.07, 6.45) is 14.9. The first kappa shape index (κ1) is 14.3. The van der Waals surface area contributed by atoms with Crippen LogP contribution in [0.25, 0.3) is 11.0 Å². The van der Waals surface area contributed by atoms with Gasteiger partial charge in [-0.3, -0.25) is 9.98 Å². The van der Waals surface area contributed by atoms with E-state index >= 15 is 0 Å². The molecule has 2 atom stereocenters. The fraction of sp³-hybridized carbons (Fsp3) is 0.350. The van der Waals surface area contributed by atoms with Crippen LogP contribution in [0.3, 0.4) is 0 Å². The normalized spacial score (nSPS) is 25.6. The van der Waals surface area contributed by atoms with Gasteiger partial charge in [0.2, 0.25) is 0 Å². The molecule has 2 heterocycles. The van der Waals surface area contributed by atoms with E-state index in [-0.39, 0.29) is 5.41 Å². The lowest BCUT2D eigenvalue weighted by Gasteiger charge is -2.30. The molecule has 2 aliphatic rings. The summed E-state index contributed by atoms with van der Waals surface area (Å²) in [5.74, 6) is 0. The Bertz CT molecular complexity index is 819. The highest BCUT2D eigenvalue weighted by atomic mass is 14.9. The van der Waals surface area contributed by atoms with Gasteiger partial charge in [0, 0.05) is 17.3 Å². The van der Waals surface area contributed by atoms with E-state index in [9.17, 15) is 0 Å². The highest BCUT2D eigenvalue weighted by molar-refractivity contribution is 5.88. The van der Waals surface area contributed by atoms with Gasteiger partial charge in [-0.05, 0) is 37.8 Å². The minimum atomic E-state index is 0.221. The molecule has 0 saturated heterocycles. The van der Waals surface area contributed by atoms with Crippen LogP contribution in [0.2, 0.25) is 0 Å². The minimum Gasteiger partial charge on any atom is -0.286 e. The summed E-state index contributed by atoms with van der Waals surface area (Å²) >= 11 is 0. The van der Waals surface area contributed by atoms with E-state index in [1.807, 2.05) is 30.5 Å². The molecule has 4 rings (SSSR count). The van der Waals surface area contributed by atoms with Crippen LogP contribution in [0, 0.1) is 5.41 Å². The predicted molar refractivity (Wildman–Crippen MR) is 94.7 cm³/mol. The lowest BCUT2D eigenvalue weighted by atomic mass is 9.74. The molecule has 3 heteroatoms. The summed E-state index contributed by atoms with van der Waals surface area (Å²) in [6, 6.07) is 8.36. The molecule has 116 valence electrons. The Kier molecular flexibility index (Phi) is 3.56. The summed E-state index contributed by atoms with van der Waals surface area (Å²) in [5, 5.41) is 0. The summed E-state index contributed by atoms with van der Waals surface area (Å²) in [4.78, 5) is 14.2. The Morgan fingerprint density at radius 3 is 2.83 bits per heavy atom. The molecule has 2 aromatic rings. The zero-order valence-electron chi connectivity index (χ0n) is 13.4. The lowest BCUT2D eigenvalue weighted by Crippen LogP contribution is -2.27. The molecular formula is C20H21N3. The van der Waals surface area contributed by atoms with Gasteiger partial charge in [-0.25, -0.2) is 4.98 Å². The number of hydrogen-bond donors (Lipinski definition) is 0. The van der Waals surface area contributed by atoms with Crippen LogP contribution in [0.4, 0.5) is 0 Å². The Morgan fingerprint density at radius 2 is 2.00 bits per heavy atom. The number of hydrogen-bond acceptors (Lipinski definition) is 3. The van der Waals surface area contributed by atoms with Gasteiger partial charge >= 0.3 is 0 Å². The number of benzene rings is 1. The number of rotatable bonds is 4. The second kappa shape index (κ2) is 5.73. The molecule has 23 heavy (non-hydrogen) atoms. The molecule has 1 aromatic carbocycles. The van der Waals surface area contributed by atoms with Crippen molar-refractivity contribution in [3.05, 3.63) is 60.5 Å². The standard InChI is InChI=1S/C20H21N3/c1-2-20-12-6-5-9-19(20)23-15(13-20)10-11-16-14-21-17-7-3-4-8-18(17)22-16/h3-9,12,14,19H,2,10-11,13H2,1H3. The monoisotopic (exact) mass is 303 g/mol. The van der Waals surface area contributed by atoms with Crippen LogP contribution in [0.5, 0.6) is 0 Å². The molecular weight excluding hydrogens is 282 g/mol. The van der Waals surface area contributed by atoms with Gasteiger partial charge in [-0.2, -0.15) is 0 Å². The molecule has 1 aromatic heterocycles. The average Bonchev–Trinajstić information content (AvgIpc) is 2.99. The Morgan fingerprint density at radius 1 is 1.13 bits per heavy atom. The zero-order valence-corrected chi connectivity index (χ0v) is 13.4. The van der Waals surface area contributed by atoms with Crippen LogP contribution in [0.1, 0.15) is 31.9 Å². The average molecular weight is 303 g/mol. The SMILES string of the molecule is CCC12C=CC=CC1N=C(CCc1cnc3ccccc3n1)C2. The molecule has 0 saturated carbocycles. The highest BCUT2D eigenvalue weighted by Gasteiger charge is 2.40. The van der Waals surface area contributed by atoms with Gasteiger partial charge in [0.25, 0.3) is 0 Å². The Balaban J connectivity index is 1.48. The first-order valence-corrected chi connectivity index (χ1v) is 8.41. The molecule has 0 bridgehead atoms. The maximum Gasteiger partial charge on any atom is 0.0890 e. The number of fused-ring (bicyclic) bond motifs is 2. The zero-order chi connectivity index (χ0) is 15.7. The van der Waals surface area contributed by atoms with Crippen molar-refractivity contribution >= 4 is 16.7 Å². The van der Waals surface area contributed by atoms with Gasteiger partial charge in [0.1, 0.15) is 0 Å². The maximum absolute atomic E-state index is 4.96. The van der Waals surface area contributed by atoms with Crippen molar-refractivity contribution in [2.45, 2.75) is 38.6 Å². The van der Waals surface area contributed by atoms with Crippen molar-refractivity contribution in [1.82, 2.24) is 9.97 Å². The maximum atomic E-state index is 4.96. The Hall–Kier alpha value is -2.29. The molecule has 0 spiro atoms. The van der Waals surface area contributed by atoms with Gasteiger partial charge in [-0.1, -0.05) is 43.4 Å². The second-order valence-electron chi connectivity index (χ2n) is 6.50. The van der Waals surface area contributed by atoms with Crippen LogP contribution in [-0.4, -0.2) is 21.7 Å². The van der Waals surface area contributed by atoms with E-state index in [2.05, 4.69) is 36.2 Å². The number of aliphatic imine (C=N–C) groups is 1. The molecule has 0 amide bonds. The van der Waals surface area contributed by atoms with Gasteiger partial charge in [0.15, 0.2) is 0 Å². The fourth-order valence-corrected chi connectivity index (χ4v) is 3.66. The molecule has 3 nitrogen and oxygen atoms in total. The number of allylic oxidation sites excluding steroid dienone is 2. The first-order valence-electron chi connectivity index (χ1n) is 8.41. The van der Waals surface area contributed by atoms with E-state index in [4.69, 9.17) is 9.98 Å². The van der Waals surface area contributed by atoms with E-state index in [1.165, 1.54) is 5.71 Å². The summed E-state index contributed by atoms with van der Waals surface area (Å²) < 4.78 is 0. The second-order valence-corrected chi connectivity index (χ2v) is 6.50. The third kappa shape index (κ3) is 2.61. The van der Waals surface area contributed by atoms with E-state index < -0.39 is 0 Å². The van der Waals surface area contributed by atoms with Crippen molar-refractivity contribution < 1.29 is 0 Å². The summed E-state index contributed by atoms with van der Waals surface area (Å²) in [6.45, 7) is 2.27. The van der Waals surface area contributed by atoms with Crippen LogP contribution < -0.4 is 0 Å². The third-order valence-electron chi connectivity index (χ3n) is 5.10. The third-order valence-corrected chi connectivity index (χ3v) is 5.10. The number of nitrogens with zero attached hydrogens (tertiary/aromatic N) is 3. The van der Waals surface area contributed by atoms with E-state index in [1.54, 1.807) is 0 Å². The smallest absolute Gasteiger partial charge is 0.0890 e. The van der Waals surface area contributed by atoms with Crippen molar-refractivity contribution in [2.24, 2.45) is 10.4 Å². The van der Waals surface area contributed by atoms with E-state index in [0.29, 0.717) is 6.04 Å². The largest absolute Gasteiger partial charge is 0.286 e. The number of para-hydroxylation sites is 2. The van der Waals surface area contributed by atoms with Crippen molar-refractivity contribution in [3.8, 4) is 0 Å². The predicted octanol–water partition coefficient (Wildman–Crippen LogP) is 4.30. The van der Waals surface area contributed by atoms with Gasteiger partial charge in [-0.15, -0.1) is 0 Å².